The molecule has 0 amide bonds. The van der Waals surface area contributed by atoms with Gasteiger partial charge in [-0.15, -0.1) is 0 Å². The van der Waals surface area contributed by atoms with Crippen molar-refractivity contribution in [2.45, 2.75) is 38.8 Å². The summed E-state index contributed by atoms with van der Waals surface area (Å²) in [6.07, 6.45) is 3.75. The van der Waals surface area contributed by atoms with Gasteiger partial charge in [0.25, 0.3) is 0 Å². The zero-order valence-electron chi connectivity index (χ0n) is 10.6. The summed E-state index contributed by atoms with van der Waals surface area (Å²) in [4.78, 5) is 4.78. The number of nitrogens with zero attached hydrogens (tertiary/aromatic N) is 2. The van der Waals surface area contributed by atoms with Crippen molar-refractivity contribution in [3.8, 4) is 0 Å². The van der Waals surface area contributed by atoms with E-state index in [0.717, 1.165) is 29.5 Å². The Labute approximate surface area is 116 Å². The van der Waals surface area contributed by atoms with E-state index < -0.39 is 0 Å². The molecule has 0 unspecified atom stereocenters. The van der Waals surface area contributed by atoms with Crippen LogP contribution in [-0.2, 0) is 6.54 Å². The van der Waals surface area contributed by atoms with E-state index in [0.29, 0.717) is 6.04 Å². The fourth-order valence-corrected chi connectivity index (χ4v) is 2.71. The lowest BCUT2D eigenvalue weighted by atomic mass is 10.3. The Morgan fingerprint density at radius 3 is 3.00 bits per heavy atom. The topological polar surface area (TPSA) is 29.9 Å². The van der Waals surface area contributed by atoms with Crippen LogP contribution in [0.3, 0.4) is 0 Å². The van der Waals surface area contributed by atoms with Crippen LogP contribution in [0.4, 0.5) is 0 Å². The zero-order chi connectivity index (χ0) is 12.5. The maximum absolute atomic E-state index is 4.78. The molecule has 0 spiro atoms. The third kappa shape index (κ3) is 2.31. The van der Waals surface area contributed by atoms with Crippen LogP contribution in [0.25, 0.3) is 11.0 Å². The molecular formula is C14H18BrN3. The van der Waals surface area contributed by atoms with Crippen LogP contribution in [0, 0.1) is 0 Å². The smallest absolute Gasteiger partial charge is 0.124 e. The van der Waals surface area contributed by atoms with Crippen LogP contribution in [0.15, 0.2) is 22.7 Å². The average molecular weight is 308 g/mol. The van der Waals surface area contributed by atoms with Gasteiger partial charge in [0.1, 0.15) is 5.82 Å². The molecule has 0 atom stereocenters. The fraction of sp³-hybridized carbons (Fsp3) is 0.500. The molecule has 1 aromatic carbocycles. The minimum absolute atomic E-state index is 0.676. The van der Waals surface area contributed by atoms with Gasteiger partial charge in [-0.25, -0.2) is 4.98 Å². The second kappa shape index (κ2) is 5.02. The van der Waals surface area contributed by atoms with E-state index >= 15 is 0 Å². The molecule has 1 aromatic heterocycles. The molecule has 3 rings (SSSR count). The van der Waals surface area contributed by atoms with Crippen molar-refractivity contribution in [2.75, 3.05) is 6.54 Å². The van der Waals surface area contributed by atoms with Crippen LogP contribution in [0.1, 0.15) is 38.1 Å². The number of halogens is 1. The van der Waals surface area contributed by atoms with E-state index in [1.165, 1.54) is 24.2 Å². The lowest BCUT2D eigenvalue weighted by Gasteiger charge is -2.08. The first-order valence-electron chi connectivity index (χ1n) is 6.66. The highest BCUT2D eigenvalue weighted by Gasteiger charge is 2.27. The third-order valence-corrected chi connectivity index (χ3v) is 3.84. The number of fused-ring (bicyclic) bond motifs is 1. The van der Waals surface area contributed by atoms with Crippen molar-refractivity contribution in [1.29, 1.82) is 0 Å². The molecule has 0 bridgehead atoms. The first-order valence-corrected chi connectivity index (χ1v) is 7.46. The van der Waals surface area contributed by atoms with Crippen molar-refractivity contribution < 1.29 is 0 Å². The molecular weight excluding hydrogens is 290 g/mol. The summed E-state index contributed by atoms with van der Waals surface area (Å²) >= 11 is 3.52. The van der Waals surface area contributed by atoms with Gasteiger partial charge in [0.2, 0.25) is 0 Å². The molecule has 4 heteroatoms. The van der Waals surface area contributed by atoms with Crippen LogP contribution in [0.2, 0.25) is 0 Å². The first-order chi connectivity index (χ1) is 8.79. The Balaban J connectivity index is 1.98. The summed E-state index contributed by atoms with van der Waals surface area (Å²) in [5.41, 5.74) is 2.37. The maximum atomic E-state index is 4.78. The Hall–Kier alpha value is -0.870. The Bertz CT molecular complexity index is 557. The van der Waals surface area contributed by atoms with E-state index in [2.05, 4.69) is 50.9 Å². The Morgan fingerprint density at radius 1 is 1.44 bits per heavy atom. The highest BCUT2D eigenvalue weighted by Crippen LogP contribution is 2.39. The molecule has 1 heterocycles. The quantitative estimate of drug-likeness (QED) is 0.855. The molecule has 1 aliphatic rings. The monoisotopic (exact) mass is 307 g/mol. The summed E-state index contributed by atoms with van der Waals surface area (Å²) in [5, 5.41) is 3.45. The minimum Gasteiger partial charge on any atom is -0.324 e. The zero-order valence-corrected chi connectivity index (χ0v) is 12.2. The second-order valence-electron chi connectivity index (χ2n) is 4.94. The van der Waals surface area contributed by atoms with Gasteiger partial charge < -0.3 is 9.88 Å². The van der Waals surface area contributed by atoms with Gasteiger partial charge >= 0.3 is 0 Å². The summed E-state index contributed by atoms with van der Waals surface area (Å²) in [6.45, 7) is 4.11. The van der Waals surface area contributed by atoms with Crippen molar-refractivity contribution in [2.24, 2.45) is 0 Å². The Morgan fingerprint density at radius 2 is 2.28 bits per heavy atom. The lowest BCUT2D eigenvalue weighted by Crippen LogP contribution is -2.17. The van der Waals surface area contributed by atoms with Crippen molar-refractivity contribution >= 4 is 27.0 Å². The van der Waals surface area contributed by atoms with E-state index in [1.54, 1.807) is 0 Å². The number of rotatable bonds is 5. The lowest BCUT2D eigenvalue weighted by molar-refractivity contribution is 0.609. The number of hydrogen-bond acceptors (Lipinski definition) is 2. The highest BCUT2D eigenvalue weighted by atomic mass is 79.9. The third-order valence-electron chi connectivity index (χ3n) is 3.35. The van der Waals surface area contributed by atoms with Crippen LogP contribution in [-0.4, -0.2) is 16.1 Å². The SMILES string of the molecule is CCCNCc1nc2cc(Br)ccc2n1C1CC1. The van der Waals surface area contributed by atoms with E-state index in [9.17, 15) is 0 Å². The van der Waals surface area contributed by atoms with E-state index in [4.69, 9.17) is 4.98 Å². The molecule has 1 saturated carbocycles. The fourth-order valence-electron chi connectivity index (χ4n) is 2.36. The summed E-state index contributed by atoms with van der Waals surface area (Å²) in [7, 11) is 0. The van der Waals surface area contributed by atoms with Gasteiger partial charge in [0.05, 0.1) is 17.6 Å². The van der Waals surface area contributed by atoms with Gasteiger partial charge in [-0.2, -0.15) is 0 Å². The molecule has 1 aliphatic carbocycles. The number of benzene rings is 1. The normalized spacial score (nSPS) is 15.4. The molecule has 3 nitrogen and oxygen atoms in total. The average Bonchev–Trinajstić information content (AvgIpc) is 3.12. The number of nitrogens with one attached hydrogen (secondary N) is 1. The largest absolute Gasteiger partial charge is 0.324 e. The molecule has 0 aliphatic heterocycles. The summed E-state index contributed by atoms with van der Waals surface area (Å²) in [6, 6.07) is 7.06. The van der Waals surface area contributed by atoms with Gasteiger partial charge in [-0.05, 0) is 44.0 Å². The molecule has 18 heavy (non-hydrogen) atoms. The van der Waals surface area contributed by atoms with Crippen LogP contribution in [0.5, 0.6) is 0 Å². The second-order valence-corrected chi connectivity index (χ2v) is 5.85. The van der Waals surface area contributed by atoms with E-state index in [-0.39, 0.29) is 0 Å². The standard InChI is InChI=1S/C14H18BrN3/c1-2-7-16-9-14-17-12-8-10(15)3-6-13(12)18(14)11-4-5-11/h3,6,8,11,16H,2,4-5,7,9H2,1H3. The number of imidazole rings is 1. The van der Waals surface area contributed by atoms with Crippen LogP contribution < -0.4 is 5.32 Å². The molecule has 0 radical (unpaired) electrons. The number of aromatic nitrogens is 2. The predicted molar refractivity (Wildman–Crippen MR) is 77.7 cm³/mol. The van der Waals surface area contributed by atoms with Gasteiger partial charge in [0.15, 0.2) is 0 Å². The van der Waals surface area contributed by atoms with Crippen molar-refractivity contribution in [3.05, 3.63) is 28.5 Å². The van der Waals surface area contributed by atoms with Gasteiger partial charge in [0, 0.05) is 10.5 Å². The molecule has 96 valence electrons. The summed E-state index contributed by atoms with van der Waals surface area (Å²) < 4.78 is 3.52. The molecule has 2 aromatic rings. The van der Waals surface area contributed by atoms with Crippen molar-refractivity contribution in [3.63, 3.8) is 0 Å². The first kappa shape index (κ1) is 12.2. The molecule has 1 fully saturated rings. The minimum atomic E-state index is 0.676. The van der Waals surface area contributed by atoms with Crippen molar-refractivity contribution in [1.82, 2.24) is 14.9 Å². The highest BCUT2D eigenvalue weighted by molar-refractivity contribution is 9.10. The van der Waals surface area contributed by atoms with Gasteiger partial charge in [-0.1, -0.05) is 22.9 Å². The summed E-state index contributed by atoms with van der Waals surface area (Å²) in [5.74, 6) is 1.18. The van der Waals surface area contributed by atoms with Gasteiger partial charge in [-0.3, -0.25) is 0 Å². The molecule has 0 saturated heterocycles. The Kier molecular flexibility index (Phi) is 3.39. The van der Waals surface area contributed by atoms with E-state index in [1.807, 2.05) is 0 Å². The van der Waals surface area contributed by atoms with Crippen LogP contribution >= 0.6 is 15.9 Å². The maximum Gasteiger partial charge on any atom is 0.124 e. The number of hydrogen-bond donors (Lipinski definition) is 1. The predicted octanol–water partition coefficient (Wildman–Crippen LogP) is 3.63. The molecule has 1 N–H and O–H groups in total.